The molecule has 7 nitrogen and oxygen atoms in total. The quantitative estimate of drug-likeness (QED) is 0.652. The molecule has 1 aromatic carbocycles. The van der Waals surface area contributed by atoms with Gasteiger partial charge in [-0.3, -0.25) is 10.1 Å². The normalized spacial score (nSPS) is 10.9. The third-order valence-corrected chi connectivity index (χ3v) is 3.16. The van der Waals surface area contributed by atoms with Crippen molar-refractivity contribution >= 4 is 11.5 Å². The molecule has 2 N–H and O–H groups in total. The van der Waals surface area contributed by atoms with Gasteiger partial charge in [0.05, 0.1) is 4.92 Å². The number of nitro groups is 1. The van der Waals surface area contributed by atoms with Gasteiger partial charge in [0, 0.05) is 18.2 Å². The molecule has 0 saturated carbocycles. The number of phenolic OH excluding ortho intramolecular Hbond substituents is 1. The molecule has 0 aliphatic carbocycles. The third-order valence-electron chi connectivity index (χ3n) is 3.16. The average Bonchev–Trinajstić information content (AvgIpc) is 2.75. The fourth-order valence-electron chi connectivity index (χ4n) is 2.14. The number of hydrogen-bond donors (Lipinski definition) is 2. The summed E-state index contributed by atoms with van der Waals surface area (Å²) in [5.74, 6) is 0.510. The number of aromatic hydroxyl groups is 1. The summed E-state index contributed by atoms with van der Waals surface area (Å²) in [4.78, 5) is 10.8. The molecule has 0 bridgehead atoms. The zero-order chi connectivity index (χ0) is 15.6. The number of aromatic nitrogens is 2. The Kier molecular flexibility index (Phi) is 4.11. The molecule has 21 heavy (non-hydrogen) atoms. The Morgan fingerprint density at radius 2 is 2.10 bits per heavy atom. The minimum Gasteiger partial charge on any atom is -0.508 e. The Morgan fingerprint density at radius 3 is 2.67 bits per heavy atom. The lowest BCUT2D eigenvalue weighted by molar-refractivity contribution is -0.384. The molecule has 0 atom stereocenters. The van der Waals surface area contributed by atoms with Gasteiger partial charge in [-0.05, 0) is 26.8 Å². The molecule has 0 amide bonds. The zero-order valence-corrected chi connectivity index (χ0v) is 12.2. The smallest absolute Gasteiger partial charge is 0.333 e. The number of anilines is 1. The van der Waals surface area contributed by atoms with Crippen LogP contribution in [0.3, 0.4) is 0 Å². The summed E-state index contributed by atoms with van der Waals surface area (Å²) in [5.41, 5.74) is 1.01. The lowest BCUT2D eigenvalue weighted by Gasteiger charge is -2.12. The molecule has 0 spiro atoms. The highest BCUT2D eigenvalue weighted by molar-refractivity contribution is 5.60. The van der Waals surface area contributed by atoms with Crippen LogP contribution < -0.4 is 5.32 Å². The van der Waals surface area contributed by atoms with Crippen molar-refractivity contribution < 1.29 is 10.0 Å². The Morgan fingerprint density at radius 1 is 1.43 bits per heavy atom. The maximum absolute atomic E-state index is 11.2. The number of rotatable bonds is 5. The summed E-state index contributed by atoms with van der Waals surface area (Å²) in [6, 6.07) is 6.86. The van der Waals surface area contributed by atoms with Gasteiger partial charge in [0.1, 0.15) is 11.4 Å². The van der Waals surface area contributed by atoms with Gasteiger partial charge >= 0.3 is 5.69 Å². The monoisotopic (exact) mass is 290 g/mol. The predicted molar refractivity (Wildman–Crippen MR) is 79.4 cm³/mol. The summed E-state index contributed by atoms with van der Waals surface area (Å²) in [5, 5.41) is 28.2. The molecule has 1 aromatic heterocycles. The van der Waals surface area contributed by atoms with E-state index in [9.17, 15) is 15.2 Å². The number of nitrogens with zero attached hydrogens (tertiary/aromatic N) is 3. The van der Waals surface area contributed by atoms with Crippen LogP contribution in [0.2, 0.25) is 0 Å². The van der Waals surface area contributed by atoms with E-state index in [0.29, 0.717) is 17.1 Å². The highest BCUT2D eigenvalue weighted by Crippen LogP contribution is 2.31. The zero-order valence-electron chi connectivity index (χ0n) is 12.2. The number of para-hydroxylation sites is 1. The van der Waals surface area contributed by atoms with Gasteiger partial charge in [-0.15, -0.1) is 0 Å². The largest absolute Gasteiger partial charge is 0.508 e. The number of benzene rings is 1. The lowest BCUT2D eigenvalue weighted by atomic mass is 10.2. The minimum atomic E-state index is -0.436. The summed E-state index contributed by atoms with van der Waals surface area (Å²) in [6.45, 7) is 5.70. The maximum atomic E-state index is 11.2. The Hall–Kier alpha value is -2.57. The van der Waals surface area contributed by atoms with E-state index in [1.54, 1.807) is 35.9 Å². The molecule has 2 rings (SSSR count). The summed E-state index contributed by atoms with van der Waals surface area (Å²) in [7, 11) is 0. The van der Waals surface area contributed by atoms with E-state index in [0.717, 1.165) is 0 Å². The molecule has 7 heteroatoms. The van der Waals surface area contributed by atoms with Crippen molar-refractivity contribution in [3.63, 3.8) is 0 Å². The van der Waals surface area contributed by atoms with Crippen molar-refractivity contribution in [2.24, 2.45) is 0 Å². The van der Waals surface area contributed by atoms with Crippen molar-refractivity contribution in [3.05, 3.63) is 45.6 Å². The number of nitrogens with one attached hydrogen (secondary N) is 1. The molecular weight excluding hydrogens is 272 g/mol. The molecule has 0 saturated heterocycles. The van der Waals surface area contributed by atoms with E-state index < -0.39 is 4.92 Å². The maximum Gasteiger partial charge on any atom is 0.333 e. The van der Waals surface area contributed by atoms with Crippen molar-refractivity contribution in [2.45, 2.75) is 33.4 Å². The Balaban J connectivity index is 2.34. The second kappa shape index (κ2) is 5.82. The van der Waals surface area contributed by atoms with Crippen LogP contribution in [0, 0.1) is 17.0 Å². The summed E-state index contributed by atoms with van der Waals surface area (Å²) in [6.07, 6.45) is 0. The van der Waals surface area contributed by atoms with E-state index in [-0.39, 0.29) is 24.0 Å². The molecular formula is C14H18N4O3. The Bertz CT molecular complexity index is 664. The lowest BCUT2D eigenvalue weighted by Crippen LogP contribution is -2.11. The van der Waals surface area contributed by atoms with E-state index in [2.05, 4.69) is 10.4 Å². The summed E-state index contributed by atoms with van der Waals surface area (Å²) >= 11 is 0. The first-order chi connectivity index (χ1) is 9.91. The predicted octanol–water partition coefficient (Wildman–Crippen LogP) is 3.00. The molecule has 2 aromatic rings. The average molecular weight is 290 g/mol. The van der Waals surface area contributed by atoms with Crippen LogP contribution in [-0.4, -0.2) is 19.8 Å². The number of phenols is 1. The highest BCUT2D eigenvalue weighted by atomic mass is 16.6. The highest BCUT2D eigenvalue weighted by Gasteiger charge is 2.26. The minimum absolute atomic E-state index is 0.00993. The first-order valence-electron chi connectivity index (χ1n) is 6.66. The van der Waals surface area contributed by atoms with Crippen molar-refractivity contribution in [1.29, 1.82) is 0 Å². The van der Waals surface area contributed by atoms with E-state index in [1.807, 2.05) is 13.8 Å². The van der Waals surface area contributed by atoms with Crippen LogP contribution >= 0.6 is 0 Å². The van der Waals surface area contributed by atoms with Gasteiger partial charge in [-0.1, -0.05) is 18.2 Å². The Labute approximate surface area is 122 Å². The van der Waals surface area contributed by atoms with Crippen LogP contribution in [0.5, 0.6) is 5.75 Å². The van der Waals surface area contributed by atoms with Gasteiger partial charge in [0.15, 0.2) is 0 Å². The van der Waals surface area contributed by atoms with Gasteiger partial charge < -0.3 is 10.4 Å². The molecule has 112 valence electrons. The third kappa shape index (κ3) is 2.96. The fourth-order valence-corrected chi connectivity index (χ4v) is 2.14. The second-order valence-electron chi connectivity index (χ2n) is 5.06. The van der Waals surface area contributed by atoms with Crippen molar-refractivity contribution in [1.82, 2.24) is 9.78 Å². The molecule has 0 fully saturated rings. The molecule has 0 unspecified atom stereocenters. The van der Waals surface area contributed by atoms with Crippen molar-refractivity contribution in [3.8, 4) is 5.75 Å². The first kappa shape index (κ1) is 14.8. The fraction of sp³-hybridized carbons (Fsp3) is 0.357. The SMILES string of the molecule is Cc1nn(C(C)C)c(NCc2ccccc2O)c1[N+](=O)[O-]. The number of aryl methyl sites for hydroxylation is 1. The molecule has 1 heterocycles. The van der Waals surface area contributed by atoms with Gasteiger partial charge in [0.25, 0.3) is 0 Å². The van der Waals surface area contributed by atoms with E-state index in [4.69, 9.17) is 0 Å². The van der Waals surface area contributed by atoms with Crippen molar-refractivity contribution in [2.75, 3.05) is 5.32 Å². The van der Waals surface area contributed by atoms with Crippen LogP contribution in [0.25, 0.3) is 0 Å². The van der Waals surface area contributed by atoms with Gasteiger partial charge in [-0.25, -0.2) is 4.68 Å². The summed E-state index contributed by atoms with van der Waals surface area (Å²) < 4.78 is 1.59. The second-order valence-corrected chi connectivity index (χ2v) is 5.06. The van der Waals surface area contributed by atoms with Gasteiger partial charge in [-0.2, -0.15) is 5.10 Å². The van der Waals surface area contributed by atoms with Gasteiger partial charge in [0.2, 0.25) is 5.82 Å². The molecule has 0 aliphatic heterocycles. The van der Waals surface area contributed by atoms with Crippen LogP contribution in [0.1, 0.15) is 31.1 Å². The van der Waals surface area contributed by atoms with Crippen LogP contribution in [0.15, 0.2) is 24.3 Å². The number of hydrogen-bond acceptors (Lipinski definition) is 5. The topological polar surface area (TPSA) is 93.2 Å². The molecule has 0 radical (unpaired) electrons. The standard InChI is InChI=1S/C14H18N4O3/c1-9(2)17-14(13(18(20)21)10(3)16-17)15-8-11-6-4-5-7-12(11)19/h4-7,9,15,19H,8H2,1-3H3. The first-order valence-corrected chi connectivity index (χ1v) is 6.66. The van der Waals surface area contributed by atoms with E-state index in [1.165, 1.54) is 0 Å². The molecule has 0 aliphatic rings. The van der Waals surface area contributed by atoms with Crippen LogP contribution in [-0.2, 0) is 6.54 Å². The van der Waals surface area contributed by atoms with E-state index >= 15 is 0 Å². The van der Waals surface area contributed by atoms with Crippen LogP contribution in [0.4, 0.5) is 11.5 Å².